The fraction of sp³-hybridized carbons (Fsp3) is 0.333. The van der Waals surface area contributed by atoms with Gasteiger partial charge in [-0.05, 0) is 25.1 Å². The molecule has 0 saturated heterocycles. The summed E-state index contributed by atoms with van der Waals surface area (Å²) in [5.41, 5.74) is 0.672. The summed E-state index contributed by atoms with van der Waals surface area (Å²) in [6.45, 7) is 1.62. The molecular weight excluding hydrogens is 289 g/mol. The van der Waals surface area contributed by atoms with Crippen molar-refractivity contribution < 1.29 is 9.84 Å². The molecule has 2 rings (SSSR count). The molecule has 0 aliphatic rings. The van der Waals surface area contributed by atoms with Crippen molar-refractivity contribution >= 4 is 23.2 Å². The fourth-order valence-corrected chi connectivity index (χ4v) is 2.21. The lowest BCUT2D eigenvalue weighted by Gasteiger charge is -2.17. The summed E-state index contributed by atoms with van der Waals surface area (Å²) in [7, 11) is 1.49. The second-order valence-electron chi connectivity index (χ2n) is 4.04. The number of hydrogen-bond acceptors (Lipinski definition) is 4. The van der Waals surface area contributed by atoms with Crippen LogP contribution >= 0.6 is 23.2 Å². The molecule has 1 heterocycles. The Labute approximate surface area is 120 Å². The Balaban J connectivity index is 2.35. The van der Waals surface area contributed by atoms with Crippen LogP contribution in [0.25, 0.3) is 11.4 Å². The van der Waals surface area contributed by atoms with Gasteiger partial charge in [0.25, 0.3) is 0 Å². The molecule has 0 spiro atoms. The number of rotatable bonds is 4. The highest BCUT2D eigenvalue weighted by atomic mass is 35.5. The number of benzene rings is 1. The van der Waals surface area contributed by atoms with Gasteiger partial charge < -0.3 is 9.84 Å². The first-order valence-corrected chi connectivity index (χ1v) is 6.36. The summed E-state index contributed by atoms with van der Waals surface area (Å²) < 4.78 is 6.60. The molecule has 0 radical (unpaired) electrons. The van der Waals surface area contributed by atoms with Crippen molar-refractivity contribution in [1.29, 1.82) is 0 Å². The summed E-state index contributed by atoms with van der Waals surface area (Å²) in [4.78, 5) is 4.16. The van der Waals surface area contributed by atoms with Crippen LogP contribution in [0.1, 0.15) is 13.2 Å². The zero-order valence-electron chi connectivity index (χ0n) is 10.4. The van der Waals surface area contributed by atoms with Crippen molar-refractivity contribution in [2.24, 2.45) is 0 Å². The zero-order chi connectivity index (χ0) is 14.0. The Hall–Kier alpha value is -1.14. The van der Waals surface area contributed by atoms with Crippen molar-refractivity contribution in [2.45, 2.75) is 19.3 Å². The molecule has 0 fully saturated rings. The topological polar surface area (TPSA) is 60.2 Å². The van der Waals surface area contributed by atoms with E-state index in [1.54, 1.807) is 25.1 Å². The molecule has 1 aromatic carbocycles. The van der Waals surface area contributed by atoms with Crippen molar-refractivity contribution in [2.75, 3.05) is 7.11 Å². The van der Waals surface area contributed by atoms with E-state index in [1.807, 2.05) is 0 Å². The van der Waals surface area contributed by atoms with E-state index >= 15 is 0 Å². The second kappa shape index (κ2) is 5.88. The lowest BCUT2D eigenvalue weighted by molar-refractivity contribution is -0.0566. The van der Waals surface area contributed by atoms with Crippen LogP contribution in [0.3, 0.4) is 0 Å². The molecule has 102 valence electrons. The minimum Gasteiger partial charge on any atom is -0.389 e. The number of ether oxygens (including phenoxy) is 1. The average Bonchev–Trinajstić information content (AvgIpc) is 2.78. The minimum atomic E-state index is -0.708. The van der Waals surface area contributed by atoms with Crippen molar-refractivity contribution in [1.82, 2.24) is 14.8 Å². The van der Waals surface area contributed by atoms with Gasteiger partial charge in [0.15, 0.2) is 12.1 Å². The summed E-state index contributed by atoms with van der Waals surface area (Å²) in [5, 5.41) is 14.9. The molecule has 1 aromatic heterocycles. The van der Waals surface area contributed by atoms with Gasteiger partial charge in [0.2, 0.25) is 0 Å². The Morgan fingerprint density at radius 1 is 1.37 bits per heavy atom. The van der Waals surface area contributed by atoms with Crippen LogP contribution in [-0.4, -0.2) is 33.1 Å². The molecule has 19 heavy (non-hydrogen) atoms. The van der Waals surface area contributed by atoms with Crippen molar-refractivity contribution in [3.63, 3.8) is 0 Å². The normalized spacial score (nSPS) is 14.4. The third-order valence-electron chi connectivity index (χ3n) is 2.60. The van der Waals surface area contributed by atoms with Gasteiger partial charge in [-0.2, -0.15) is 0 Å². The van der Waals surface area contributed by atoms with E-state index in [-0.39, 0.29) is 0 Å². The van der Waals surface area contributed by atoms with Crippen LogP contribution in [0, 0.1) is 0 Å². The van der Waals surface area contributed by atoms with Gasteiger partial charge in [0, 0.05) is 17.7 Å². The van der Waals surface area contributed by atoms with Gasteiger partial charge in [0.1, 0.15) is 6.33 Å². The molecule has 0 saturated carbocycles. The van der Waals surface area contributed by atoms with Crippen LogP contribution in [0.2, 0.25) is 10.0 Å². The maximum atomic E-state index is 9.58. The van der Waals surface area contributed by atoms with Gasteiger partial charge in [-0.3, -0.25) is 0 Å². The Bertz CT molecular complexity index is 572. The molecule has 0 amide bonds. The highest BCUT2D eigenvalue weighted by Gasteiger charge is 2.18. The standard InChI is InChI=1S/C12H13Cl2N3O2/c1-7(18)12(19-2)17-6-15-11(16-17)9-4-3-8(13)5-10(9)14/h3-7,12,18H,1-2H3. The lowest BCUT2D eigenvalue weighted by Crippen LogP contribution is -2.23. The number of aliphatic hydroxyl groups is 1. The third-order valence-corrected chi connectivity index (χ3v) is 3.14. The van der Waals surface area contributed by atoms with Gasteiger partial charge in [0.05, 0.1) is 11.1 Å². The second-order valence-corrected chi connectivity index (χ2v) is 4.88. The quantitative estimate of drug-likeness (QED) is 0.943. The first-order chi connectivity index (χ1) is 9.02. The Morgan fingerprint density at radius 2 is 2.11 bits per heavy atom. The summed E-state index contributed by atoms with van der Waals surface area (Å²) in [6, 6.07) is 5.09. The van der Waals surface area contributed by atoms with Crippen LogP contribution in [0.15, 0.2) is 24.5 Å². The number of aromatic nitrogens is 3. The van der Waals surface area contributed by atoms with Crippen molar-refractivity contribution in [3.05, 3.63) is 34.6 Å². The number of methoxy groups -OCH3 is 1. The largest absolute Gasteiger partial charge is 0.389 e. The fourth-order valence-electron chi connectivity index (χ4n) is 1.72. The molecule has 7 heteroatoms. The first-order valence-electron chi connectivity index (χ1n) is 5.60. The van der Waals surface area contributed by atoms with E-state index in [0.29, 0.717) is 21.4 Å². The average molecular weight is 302 g/mol. The van der Waals surface area contributed by atoms with Gasteiger partial charge in [-0.15, -0.1) is 5.10 Å². The summed E-state index contributed by atoms with van der Waals surface area (Å²) in [5.74, 6) is 0.448. The molecule has 0 aliphatic heterocycles. The van der Waals surface area contributed by atoms with E-state index in [0.717, 1.165) is 0 Å². The van der Waals surface area contributed by atoms with E-state index in [4.69, 9.17) is 27.9 Å². The number of halogens is 2. The van der Waals surface area contributed by atoms with Gasteiger partial charge in [-0.1, -0.05) is 23.2 Å². The summed E-state index contributed by atoms with van der Waals surface area (Å²) >= 11 is 11.9. The first kappa shape index (κ1) is 14.3. The molecule has 0 aliphatic carbocycles. The molecule has 2 unspecified atom stereocenters. The molecule has 0 bridgehead atoms. The third kappa shape index (κ3) is 3.06. The molecule has 2 atom stereocenters. The number of hydrogen-bond donors (Lipinski definition) is 1. The van der Waals surface area contributed by atoms with E-state index in [9.17, 15) is 5.11 Å². The highest BCUT2D eigenvalue weighted by Crippen LogP contribution is 2.28. The van der Waals surface area contributed by atoms with E-state index in [2.05, 4.69) is 10.1 Å². The predicted octanol–water partition coefficient (Wildman–Crippen LogP) is 2.78. The van der Waals surface area contributed by atoms with Crippen molar-refractivity contribution in [3.8, 4) is 11.4 Å². The van der Waals surface area contributed by atoms with Crippen LogP contribution in [-0.2, 0) is 4.74 Å². The van der Waals surface area contributed by atoms with Crippen LogP contribution in [0.4, 0.5) is 0 Å². The summed E-state index contributed by atoms with van der Waals surface area (Å²) in [6.07, 6.45) is 0.189. The zero-order valence-corrected chi connectivity index (χ0v) is 11.9. The molecule has 5 nitrogen and oxygen atoms in total. The smallest absolute Gasteiger partial charge is 0.182 e. The number of aliphatic hydroxyl groups excluding tert-OH is 1. The van der Waals surface area contributed by atoms with Gasteiger partial charge >= 0.3 is 0 Å². The maximum absolute atomic E-state index is 9.58. The lowest BCUT2D eigenvalue weighted by atomic mass is 10.2. The highest BCUT2D eigenvalue weighted by molar-refractivity contribution is 6.36. The predicted molar refractivity (Wildman–Crippen MR) is 73.2 cm³/mol. The monoisotopic (exact) mass is 301 g/mol. The Morgan fingerprint density at radius 3 is 2.68 bits per heavy atom. The number of nitrogens with zero attached hydrogens (tertiary/aromatic N) is 3. The SMILES string of the molecule is COC(C(C)O)n1cnc(-c2ccc(Cl)cc2Cl)n1. The van der Waals surface area contributed by atoms with E-state index < -0.39 is 12.3 Å². The minimum absolute atomic E-state index is 0.448. The molecule has 2 aromatic rings. The Kier molecular flexibility index (Phi) is 4.42. The molecular formula is C12H13Cl2N3O2. The van der Waals surface area contributed by atoms with Crippen LogP contribution < -0.4 is 0 Å². The van der Waals surface area contributed by atoms with E-state index in [1.165, 1.54) is 18.1 Å². The maximum Gasteiger partial charge on any atom is 0.182 e. The van der Waals surface area contributed by atoms with Gasteiger partial charge in [-0.25, -0.2) is 9.67 Å². The van der Waals surface area contributed by atoms with Crippen LogP contribution in [0.5, 0.6) is 0 Å². The molecule has 1 N–H and O–H groups in total.